The number of nitrogens with zero attached hydrogens (tertiary/aromatic N) is 5. The molecule has 8 heteroatoms. The van der Waals surface area contributed by atoms with Crippen LogP contribution in [0.3, 0.4) is 0 Å². The summed E-state index contributed by atoms with van der Waals surface area (Å²) >= 11 is 0. The summed E-state index contributed by atoms with van der Waals surface area (Å²) in [6.07, 6.45) is 7.54. The van der Waals surface area contributed by atoms with E-state index in [9.17, 15) is 9.50 Å². The third-order valence-corrected chi connectivity index (χ3v) is 6.11. The van der Waals surface area contributed by atoms with Gasteiger partial charge in [-0.3, -0.25) is 0 Å². The van der Waals surface area contributed by atoms with Gasteiger partial charge in [-0.1, -0.05) is 0 Å². The van der Waals surface area contributed by atoms with Crippen LogP contribution in [0.4, 0.5) is 27.7 Å². The van der Waals surface area contributed by atoms with Gasteiger partial charge in [-0.15, -0.1) is 0 Å². The van der Waals surface area contributed by atoms with Gasteiger partial charge >= 0.3 is 0 Å². The maximum Gasteiger partial charge on any atom is 0.229 e. The number of hydrogen-bond donors (Lipinski definition) is 2. The van der Waals surface area contributed by atoms with Crippen molar-refractivity contribution in [2.45, 2.75) is 31.8 Å². The number of fused-ring (bicyclic) bond motifs is 2. The molecule has 2 aromatic heterocycles. The molecule has 0 unspecified atom stereocenters. The second kappa shape index (κ2) is 7.16. The number of nitrogens with one attached hydrogen (secondary N) is 1. The first-order chi connectivity index (χ1) is 13.6. The lowest BCUT2D eigenvalue weighted by Gasteiger charge is -2.32. The summed E-state index contributed by atoms with van der Waals surface area (Å²) in [5.74, 6) is 2.79. The van der Waals surface area contributed by atoms with Gasteiger partial charge < -0.3 is 20.2 Å². The van der Waals surface area contributed by atoms with Crippen molar-refractivity contribution >= 4 is 23.3 Å². The smallest absolute Gasteiger partial charge is 0.229 e. The average Bonchev–Trinajstić information content (AvgIpc) is 3.27. The van der Waals surface area contributed by atoms with E-state index in [-0.39, 0.29) is 5.82 Å². The van der Waals surface area contributed by atoms with E-state index in [0.29, 0.717) is 31.1 Å². The molecule has 1 saturated carbocycles. The number of rotatable bonds is 4. The summed E-state index contributed by atoms with van der Waals surface area (Å²) in [5, 5.41) is 12.7. The number of aromatic nitrogens is 3. The standard InChI is InChI=1S/C20H25FN6O/c21-17-8-15(9-23-19(17)26-6-4-16(28)12-26)24-20-22-5-3-18(25-20)27-10-13-1-2-14(7-13)11-27/h3,5,8-9,13-14,16,28H,1-2,4,6-7,10-12H2,(H,22,24,25)/t13-,14+,16-/m1/s1. The molecule has 28 heavy (non-hydrogen) atoms. The van der Waals surface area contributed by atoms with Crippen molar-refractivity contribution in [1.82, 2.24) is 15.0 Å². The molecule has 0 amide bonds. The Morgan fingerprint density at radius 3 is 2.61 bits per heavy atom. The monoisotopic (exact) mass is 384 g/mol. The van der Waals surface area contributed by atoms with Crippen molar-refractivity contribution in [3.05, 3.63) is 30.3 Å². The van der Waals surface area contributed by atoms with Crippen LogP contribution in [0, 0.1) is 17.7 Å². The first-order valence-corrected chi connectivity index (χ1v) is 10.1. The topological polar surface area (TPSA) is 77.4 Å². The Labute approximate surface area is 163 Å². The first-order valence-electron chi connectivity index (χ1n) is 10.1. The number of β-amino-alcohol motifs (C(OH)–C–C–N with tert-alkyl or cyclic N) is 1. The quantitative estimate of drug-likeness (QED) is 0.839. The van der Waals surface area contributed by atoms with Gasteiger partial charge in [0.25, 0.3) is 0 Å². The molecule has 2 aliphatic heterocycles. The number of aliphatic hydroxyl groups is 1. The lowest BCUT2D eigenvalue weighted by molar-refractivity contribution is 0.198. The highest BCUT2D eigenvalue weighted by molar-refractivity contribution is 5.57. The van der Waals surface area contributed by atoms with Crippen LogP contribution in [0.2, 0.25) is 0 Å². The number of halogens is 1. The lowest BCUT2D eigenvalue weighted by atomic mass is 9.99. The summed E-state index contributed by atoms with van der Waals surface area (Å²) in [6.45, 7) is 3.14. The second-order valence-corrected chi connectivity index (χ2v) is 8.23. The number of hydrogen-bond acceptors (Lipinski definition) is 7. The number of anilines is 4. The molecule has 2 saturated heterocycles. The van der Waals surface area contributed by atoms with E-state index in [1.165, 1.54) is 25.3 Å². The van der Waals surface area contributed by atoms with Crippen molar-refractivity contribution in [2.75, 3.05) is 41.3 Å². The zero-order chi connectivity index (χ0) is 19.1. The average molecular weight is 384 g/mol. The predicted octanol–water partition coefficient (Wildman–Crippen LogP) is 2.56. The van der Waals surface area contributed by atoms with Crippen molar-refractivity contribution in [3.63, 3.8) is 0 Å². The second-order valence-electron chi connectivity index (χ2n) is 8.23. The van der Waals surface area contributed by atoms with Gasteiger partial charge in [-0.2, -0.15) is 4.98 Å². The van der Waals surface area contributed by atoms with Crippen molar-refractivity contribution in [1.29, 1.82) is 0 Å². The summed E-state index contributed by atoms with van der Waals surface area (Å²) in [7, 11) is 0. The molecule has 148 valence electrons. The molecule has 1 aliphatic carbocycles. The van der Waals surface area contributed by atoms with E-state index in [0.717, 1.165) is 30.7 Å². The number of pyridine rings is 1. The molecule has 2 aromatic rings. The van der Waals surface area contributed by atoms with E-state index in [1.807, 2.05) is 6.07 Å². The minimum atomic E-state index is -0.417. The Bertz CT molecular complexity index is 852. The summed E-state index contributed by atoms with van der Waals surface area (Å²) in [6, 6.07) is 3.35. The normalized spacial score (nSPS) is 26.7. The Balaban J connectivity index is 1.30. The van der Waals surface area contributed by atoms with Crippen LogP contribution in [-0.2, 0) is 0 Å². The summed E-state index contributed by atoms with van der Waals surface area (Å²) in [5.41, 5.74) is 0.511. The van der Waals surface area contributed by atoms with Crippen molar-refractivity contribution in [3.8, 4) is 0 Å². The van der Waals surface area contributed by atoms with Crippen LogP contribution in [0.5, 0.6) is 0 Å². The summed E-state index contributed by atoms with van der Waals surface area (Å²) < 4.78 is 14.5. The zero-order valence-corrected chi connectivity index (χ0v) is 15.8. The molecule has 3 aliphatic rings. The maximum absolute atomic E-state index is 14.5. The Morgan fingerprint density at radius 1 is 1.07 bits per heavy atom. The molecule has 0 spiro atoms. The Hall–Kier alpha value is -2.48. The van der Waals surface area contributed by atoms with E-state index in [4.69, 9.17) is 0 Å². The summed E-state index contributed by atoms with van der Waals surface area (Å²) in [4.78, 5) is 17.3. The van der Waals surface area contributed by atoms with Gasteiger partial charge in [0.2, 0.25) is 5.95 Å². The van der Waals surface area contributed by atoms with Crippen LogP contribution >= 0.6 is 0 Å². The predicted molar refractivity (Wildman–Crippen MR) is 105 cm³/mol. The molecule has 0 aromatic carbocycles. The van der Waals surface area contributed by atoms with Gasteiger partial charge in [-0.05, 0) is 43.6 Å². The molecule has 3 atom stereocenters. The van der Waals surface area contributed by atoms with E-state index >= 15 is 0 Å². The molecule has 2 N–H and O–H groups in total. The van der Waals surface area contributed by atoms with E-state index < -0.39 is 11.9 Å². The first kappa shape index (κ1) is 17.6. The molecular weight excluding hydrogens is 359 g/mol. The van der Waals surface area contributed by atoms with Gasteiger partial charge in [0.15, 0.2) is 11.6 Å². The van der Waals surface area contributed by atoms with Crippen LogP contribution in [0.25, 0.3) is 0 Å². The molecule has 5 rings (SSSR count). The van der Waals surface area contributed by atoms with Crippen LogP contribution < -0.4 is 15.1 Å². The molecule has 0 radical (unpaired) electrons. The van der Waals surface area contributed by atoms with Crippen LogP contribution in [0.1, 0.15) is 25.7 Å². The molecule has 4 heterocycles. The van der Waals surface area contributed by atoms with Crippen molar-refractivity contribution in [2.24, 2.45) is 11.8 Å². The lowest BCUT2D eigenvalue weighted by Crippen LogP contribution is -2.36. The van der Waals surface area contributed by atoms with Gasteiger partial charge in [-0.25, -0.2) is 14.4 Å². The third-order valence-electron chi connectivity index (χ3n) is 6.11. The van der Waals surface area contributed by atoms with Gasteiger partial charge in [0.1, 0.15) is 5.82 Å². The molecule has 3 fully saturated rings. The van der Waals surface area contributed by atoms with E-state index in [2.05, 4.69) is 25.2 Å². The van der Waals surface area contributed by atoms with Crippen LogP contribution in [0.15, 0.2) is 24.5 Å². The third kappa shape index (κ3) is 3.48. The highest BCUT2D eigenvalue weighted by Gasteiger charge is 2.33. The fraction of sp³-hybridized carbons (Fsp3) is 0.550. The molecule has 7 nitrogen and oxygen atoms in total. The number of piperidine rings is 1. The molecule has 2 bridgehead atoms. The Morgan fingerprint density at radius 2 is 1.89 bits per heavy atom. The highest BCUT2D eigenvalue weighted by atomic mass is 19.1. The largest absolute Gasteiger partial charge is 0.391 e. The van der Waals surface area contributed by atoms with Crippen LogP contribution in [-0.4, -0.2) is 52.3 Å². The van der Waals surface area contributed by atoms with E-state index in [1.54, 1.807) is 17.3 Å². The minimum Gasteiger partial charge on any atom is -0.391 e. The highest BCUT2D eigenvalue weighted by Crippen LogP contribution is 2.37. The van der Waals surface area contributed by atoms with Crippen molar-refractivity contribution < 1.29 is 9.50 Å². The molecular formula is C20H25FN6O. The maximum atomic E-state index is 14.5. The number of aliphatic hydroxyl groups excluding tert-OH is 1. The fourth-order valence-electron chi connectivity index (χ4n) is 4.78. The SMILES string of the molecule is O[C@@H]1CCN(c2ncc(Nc3nccc(N4C[C@@H]5CC[C@@H](C5)C4)n3)cc2F)C1. The Kier molecular flexibility index (Phi) is 4.50. The minimum absolute atomic E-state index is 0.278. The van der Waals surface area contributed by atoms with Gasteiger partial charge in [0.05, 0.1) is 18.0 Å². The fourth-order valence-corrected chi connectivity index (χ4v) is 4.78. The zero-order valence-electron chi connectivity index (χ0n) is 15.8. The van der Waals surface area contributed by atoms with Gasteiger partial charge in [0, 0.05) is 38.4 Å².